The summed E-state index contributed by atoms with van der Waals surface area (Å²) in [6.07, 6.45) is 0.197. The molecule has 6 nitrogen and oxygen atoms in total. The number of amidine groups is 1. The minimum absolute atomic E-state index is 0.00388. The molecular weight excluding hydrogens is 518 g/mol. The van der Waals surface area contributed by atoms with E-state index in [0.29, 0.717) is 17.8 Å². The van der Waals surface area contributed by atoms with Crippen LogP contribution in [-0.4, -0.2) is 33.9 Å². The molecule has 0 unspecified atom stereocenters. The Morgan fingerprint density at radius 1 is 0.950 bits per heavy atom. The molecule has 0 radical (unpaired) electrons. The van der Waals surface area contributed by atoms with Crippen LogP contribution in [0.15, 0.2) is 106 Å². The van der Waals surface area contributed by atoms with Gasteiger partial charge in [0.05, 0.1) is 23.7 Å². The smallest absolute Gasteiger partial charge is 0.338 e. The molecule has 0 saturated heterocycles. The van der Waals surface area contributed by atoms with E-state index in [1.807, 2.05) is 84.9 Å². The standard InChI is InChI=1S/C33H33N3O3S/c1-22-15-16-28(23(2)17-22)31-30(32(38)39-20-26-13-9-6-10-14-26)24(3)34-33-36(31)27(21-40-33)18-29(37)35(4)19-25-11-7-5-8-12-25/h5-17,21,31H,18-20H2,1-4H3/t31-/m0/s1. The number of benzene rings is 3. The van der Waals surface area contributed by atoms with Gasteiger partial charge in [0.2, 0.25) is 5.91 Å². The fraction of sp³-hybridized carbons (Fsp3) is 0.242. The summed E-state index contributed by atoms with van der Waals surface area (Å²) in [7, 11) is 1.82. The van der Waals surface area contributed by atoms with Crippen LogP contribution >= 0.6 is 11.8 Å². The molecule has 0 bridgehead atoms. The molecule has 0 fully saturated rings. The predicted molar refractivity (Wildman–Crippen MR) is 160 cm³/mol. The zero-order valence-electron chi connectivity index (χ0n) is 23.3. The molecule has 2 aliphatic heterocycles. The highest BCUT2D eigenvalue weighted by molar-refractivity contribution is 8.16. The van der Waals surface area contributed by atoms with Crippen molar-refractivity contribution in [3.8, 4) is 0 Å². The van der Waals surface area contributed by atoms with Gasteiger partial charge in [-0.1, -0.05) is 96.2 Å². The van der Waals surface area contributed by atoms with E-state index in [-0.39, 0.29) is 18.9 Å². The van der Waals surface area contributed by atoms with Gasteiger partial charge in [-0.05, 0) is 48.4 Å². The van der Waals surface area contributed by atoms with Gasteiger partial charge < -0.3 is 14.5 Å². The number of fused-ring (bicyclic) bond motifs is 1. The molecule has 0 aromatic heterocycles. The Bertz CT molecular complexity index is 1510. The van der Waals surface area contributed by atoms with Crippen LogP contribution in [0.4, 0.5) is 0 Å². The highest BCUT2D eigenvalue weighted by atomic mass is 32.2. The molecule has 0 saturated carbocycles. The van der Waals surface area contributed by atoms with Crippen LogP contribution in [0.5, 0.6) is 0 Å². The lowest BCUT2D eigenvalue weighted by atomic mass is 9.90. The third-order valence-electron chi connectivity index (χ3n) is 7.17. The van der Waals surface area contributed by atoms with Crippen LogP contribution in [0.3, 0.4) is 0 Å². The number of aryl methyl sites for hydroxylation is 2. The monoisotopic (exact) mass is 551 g/mol. The molecule has 3 aromatic carbocycles. The Hall–Kier alpha value is -4.10. The topological polar surface area (TPSA) is 62.2 Å². The predicted octanol–water partition coefficient (Wildman–Crippen LogP) is 6.67. The first-order chi connectivity index (χ1) is 19.3. The first kappa shape index (κ1) is 27.5. The summed E-state index contributed by atoms with van der Waals surface area (Å²) in [4.78, 5) is 35.7. The van der Waals surface area contributed by atoms with E-state index in [4.69, 9.17) is 9.73 Å². The molecule has 204 valence electrons. The normalized spacial score (nSPS) is 16.3. The molecule has 0 spiro atoms. The van der Waals surface area contributed by atoms with Gasteiger partial charge >= 0.3 is 5.97 Å². The third kappa shape index (κ3) is 5.89. The number of nitrogens with zero attached hydrogens (tertiary/aromatic N) is 3. The van der Waals surface area contributed by atoms with E-state index in [1.165, 1.54) is 11.8 Å². The number of hydrogen-bond donors (Lipinski definition) is 0. The van der Waals surface area contributed by atoms with Gasteiger partial charge in [0, 0.05) is 19.3 Å². The summed E-state index contributed by atoms with van der Waals surface area (Å²) in [6, 6.07) is 25.4. The molecule has 0 aliphatic carbocycles. The van der Waals surface area contributed by atoms with Crippen LogP contribution in [0.1, 0.15) is 47.2 Å². The number of aliphatic imine (C=N–C) groups is 1. The van der Waals surface area contributed by atoms with E-state index in [1.54, 1.807) is 4.90 Å². The van der Waals surface area contributed by atoms with Crippen LogP contribution in [0, 0.1) is 13.8 Å². The van der Waals surface area contributed by atoms with Crippen molar-refractivity contribution in [2.45, 2.75) is 46.4 Å². The lowest BCUT2D eigenvalue weighted by Crippen LogP contribution is -2.38. The van der Waals surface area contributed by atoms with Crippen molar-refractivity contribution in [2.75, 3.05) is 7.05 Å². The number of ether oxygens (including phenoxy) is 1. The summed E-state index contributed by atoms with van der Waals surface area (Å²) in [6.45, 7) is 6.67. The Kier molecular flexibility index (Phi) is 8.21. The van der Waals surface area contributed by atoms with Gasteiger partial charge in [0.25, 0.3) is 0 Å². The third-order valence-corrected chi connectivity index (χ3v) is 8.06. The highest BCUT2D eigenvalue weighted by Crippen LogP contribution is 2.45. The van der Waals surface area contributed by atoms with Gasteiger partial charge in [0.15, 0.2) is 5.17 Å². The maximum Gasteiger partial charge on any atom is 0.338 e. The molecule has 2 aliphatic rings. The van der Waals surface area contributed by atoms with E-state index >= 15 is 0 Å². The van der Waals surface area contributed by atoms with Crippen molar-refractivity contribution in [2.24, 2.45) is 4.99 Å². The van der Waals surface area contributed by atoms with Crippen molar-refractivity contribution >= 4 is 28.8 Å². The van der Waals surface area contributed by atoms with Crippen molar-refractivity contribution in [1.82, 2.24) is 9.80 Å². The molecule has 40 heavy (non-hydrogen) atoms. The van der Waals surface area contributed by atoms with Gasteiger partial charge in [-0.15, -0.1) is 0 Å². The molecule has 7 heteroatoms. The van der Waals surface area contributed by atoms with Crippen LogP contribution in [-0.2, 0) is 27.5 Å². The number of amides is 1. The summed E-state index contributed by atoms with van der Waals surface area (Å²) in [5, 5.41) is 2.74. The number of hydrogen-bond acceptors (Lipinski definition) is 6. The van der Waals surface area contributed by atoms with E-state index < -0.39 is 12.0 Å². The van der Waals surface area contributed by atoms with Crippen molar-refractivity contribution in [1.29, 1.82) is 0 Å². The van der Waals surface area contributed by atoms with Crippen LogP contribution in [0.2, 0.25) is 0 Å². The average Bonchev–Trinajstić information content (AvgIpc) is 3.34. The summed E-state index contributed by atoms with van der Waals surface area (Å²) in [5.74, 6) is -0.409. The Labute approximate surface area is 240 Å². The fourth-order valence-electron chi connectivity index (χ4n) is 5.09. The molecule has 1 atom stereocenters. The number of carbonyl (C=O) groups is 2. The second kappa shape index (κ2) is 12.0. The molecule has 0 N–H and O–H groups in total. The molecular formula is C33H33N3O3S. The number of carbonyl (C=O) groups excluding carboxylic acids is 2. The number of thioether (sulfide) groups is 1. The second-order valence-electron chi connectivity index (χ2n) is 10.2. The fourth-order valence-corrected chi connectivity index (χ4v) is 6.06. The quantitative estimate of drug-likeness (QED) is 0.293. The van der Waals surface area contributed by atoms with Crippen molar-refractivity contribution in [3.05, 3.63) is 129 Å². The van der Waals surface area contributed by atoms with Crippen LogP contribution < -0.4 is 0 Å². The zero-order chi connectivity index (χ0) is 28.2. The molecule has 3 aromatic rings. The van der Waals surface area contributed by atoms with Crippen LogP contribution in [0.25, 0.3) is 0 Å². The summed E-state index contributed by atoms with van der Waals surface area (Å²) in [5.41, 5.74) is 7.13. The average molecular weight is 552 g/mol. The van der Waals surface area contributed by atoms with Gasteiger partial charge in [0.1, 0.15) is 6.61 Å². The van der Waals surface area contributed by atoms with E-state index in [0.717, 1.165) is 38.7 Å². The lowest BCUT2D eigenvalue weighted by molar-refractivity contribution is -0.141. The molecule has 2 heterocycles. The highest BCUT2D eigenvalue weighted by Gasteiger charge is 2.41. The first-order valence-electron chi connectivity index (χ1n) is 13.3. The lowest BCUT2D eigenvalue weighted by Gasteiger charge is -2.37. The Morgan fingerprint density at radius 3 is 2.30 bits per heavy atom. The second-order valence-corrected chi connectivity index (χ2v) is 11.1. The minimum atomic E-state index is -0.454. The number of rotatable bonds is 8. The number of esters is 1. The maximum absolute atomic E-state index is 13.7. The van der Waals surface area contributed by atoms with Gasteiger partial charge in [-0.25, -0.2) is 9.79 Å². The molecule has 5 rings (SSSR count). The van der Waals surface area contributed by atoms with E-state index in [9.17, 15) is 9.59 Å². The maximum atomic E-state index is 13.7. The summed E-state index contributed by atoms with van der Waals surface area (Å²) < 4.78 is 5.83. The largest absolute Gasteiger partial charge is 0.457 e. The zero-order valence-corrected chi connectivity index (χ0v) is 24.1. The first-order valence-corrected chi connectivity index (χ1v) is 14.2. The summed E-state index contributed by atoms with van der Waals surface area (Å²) >= 11 is 1.48. The molecule has 1 amide bonds. The Morgan fingerprint density at radius 2 is 1.62 bits per heavy atom. The minimum Gasteiger partial charge on any atom is -0.457 e. The Balaban J connectivity index is 1.44. The van der Waals surface area contributed by atoms with E-state index in [2.05, 4.69) is 32.0 Å². The van der Waals surface area contributed by atoms with Gasteiger partial charge in [-0.3, -0.25) is 4.79 Å². The number of allylic oxidation sites excluding steroid dienone is 1. The van der Waals surface area contributed by atoms with Crippen molar-refractivity contribution in [3.63, 3.8) is 0 Å². The van der Waals surface area contributed by atoms with Crippen molar-refractivity contribution < 1.29 is 14.3 Å². The SMILES string of the molecule is CC1=C(C(=O)OCc2ccccc2)[C@H](c2ccc(C)cc2C)N2C(CC(=O)N(C)Cc3ccccc3)=CSC2=N1. The van der Waals surface area contributed by atoms with Gasteiger partial charge in [-0.2, -0.15) is 0 Å².